The van der Waals surface area contributed by atoms with Crippen LogP contribution in [0.25, 0.3) is 10.2 Å². The van der Waals surface area contributed by atoms with Gasteiger partial charge in [0.15, 0.2) is 0 Å². The van der Waals surface area contributed by atoms with Crippen LogP contribution in [-0.2, 0) is 16.0 Å². The van der Waals surface area contributed by atoms with Crippen molar-refractivity contribution in [1.29, 1.82) is 0 Å². The highest BCUT2D eigenvalue weighted by molar-refractivity contribution is 7.16. The van der Waals surface area contributed by atoms with Crippen molar-refractivity contribution in [2.45, 2.75) is 26.2 Å². The Morgan fingerprint density at radius 2 is 2.38 bits per heavy atom. The minimum atomic E-state index is -0.119. The van der Waals surface area contributed by atoms with Crippen LogP contribution < -0.4 is 4.90 Å². The number of rotatable bonds is 3. The second-order valence-electron chi connectivity index (χ2n) is 5.26. The molecule has 1 atom stereocenters. The maximum absolute atomic E-state index is 11.8. The second kappa shape index (κ2) is 5.97. The van der Waals surface area contributed by atoms with Gasteiger partial charge in [0, 0.05) is 19.5 Å². The maximum atomic E-state index is 11.8. The molecule has 3 heterocycles. The molecule has 0 N–H and O–H groups in total. The summed E-state index contributed by atoms with van der Waals surface area (Å²) in [7, 11) is 1.46. The van der Waals surface area contributed by atoms with Crippen LogP contribution >= 0.6 is 11.3 Å². The number of ether oxygens (including phenoxy) is 1. The van der Waals surface area contributed by atoms with Gasteiger partial charge in [0.05, 0.1) is 18.4 Å². The summed E-state index contributed by atoms with van der Waals surface area (Å²) in [6, 6.07) is 2.07. The topological polar surface area (TPSA) is 55.3 Å². The number of hydrogen-bond acceptors (Lipinski definition) is 6. The van der Waals surface area contributed by atoms with Gasteiger partial charge in [-0.2, -0.15) is 0 Å². The summed E-state index contributed by atoms with van der Waals surface area (Å²) < 4.78 is 4.89. The zero-order chi connectivity index (χ0) is 14.8. The van der Waals surface area contributed by atoms with Crippen molar-refractivity contribution in [1.82, 2.24) is 9.97 Å². The molecule has 0 aliphatic carbocycles. The molecule has 2 aromatic rings. The third-order valence-electron chi connectivity index (χ3n) is 3.92. The Labute approximate surface area is 128 Å². The standard InChI is InChI=1S/C15H19N3O2S/c1-3-12-16-13(11-6-8-21-14(11)17-12)18-7-4-5-10(9-18)15(19)20-2/h6,8,10H,3-5,7,9H2,1-2H3/t10-/m1/s1. The molecule has 0 amide bonds. The van der Waals surface area contributed by atoms with E-state index in [2.05, 4.69) is 22.9 Å². The van der Waals surface area contributed by atoms with Crippen LogP contribution in [0.1, 0.15) is 25.6 Å². The summed E-state index contributed by atoms with van der Waals surface area (Å²) in [4.78, 5) is 24.3. The lowest BCUT2D eigenvalue weighted by atomic mass is 9.98. The fourth-order valence-electron chi connectivity index (χ4n) is 2.81. The molecule has 3 rings (SSSR count). The van der Waals surface area contributed by atoms with Crippen molar-refractivity contribution in [2.75, 3.05) is 25.1 Å². The van der Waals surface area contributed by atoms with E-state index in [-0.39, 0.29) is 11.9 Å². The molecule has 1 aliphatic heterocycles. The van der Waals surface area contributed by atoms with E-state index < -0.39 is 0 Å². The van der Waals surface area contributed by atoms with Gasteiger partial charge in [-0.3, -0.25) is 4.79 Å². The maximum Gasteiger partial charge on any atom is 0.310 e. The van der Waals surface area contributed by atoms with Crippen LogP contribution in [0.5, 0.6) is 0 Å². The minimum Gasteiger partial charge on any atom is -0.469 e. The molecule has 6 heteroatoms. The number of anilines is 1. The van der Waals surface area contributed by atoms with Crippen LogP contribution in [0, 0.1) is 5.92 Å². The van der Waals surface area contributed by atoms with Crippen molar-refractivity contribution in [3.8, 4) is 0 Å². The number of aromatic nitrogens is 2. The van der Waals surface area contributed by atoms with Crippen LogP contribution in [0.15, 0.2) is 11.4 Å². The fourth-order valence-corrected chi connectivity index (χ4v) is 3.59. The first-order valence-electron chi connectivity index (χ1n) is 7.29. The Bertz CT molecular complexity index is 655. The molecule has 112 valence electrons. The predicted molar refractivity (Wildman–Crippen MR) is 83.7 cm³/mol. The molecular formula is C15H19N3O2S. The zero-order valence-electron chi connectivity index (χ0n) is 12.3. The Hall–Kier alpha value is -1.69. The van der Waals surface area contributed by atoms with Crippen LogP contribution in [0.2, 0.25) is 0 Å². The first-order chi connectivity index (χ1) is 10.2. The average molecular weight is 305 g/mol. The van der Waals surface area contributed by atoms with E-state index in [1.54, 1.807) is 11.3 Å². The molecule has 21 heavy (non-hydrogen) atoms. The largest absolute Gasteiger partial charge is 0.469 e. The number of aryl methyl sites for hydroxylation is 1. The molecular weight excluding hydrogens is 286 g/mol. The normalized spacial score (nSPS) is 19.0. The van der Waals surface area contributed by atoms with E-state index >= 15 is 0 Å². The number of fused-ring (bicyclic) bond motifs is 1. The number of hydrogen-bond donors (Lipinski definition) is 0. The minimum absolute atomic E-state index is 0.0579. The molecule has 0 bridgehead atoms. The highest BCUT2D eigenvalue weighted by atomic mass is 32.1. The molecule has 1 aliphatic rings. The molecule has 0 spiro atoms. The Morgan fingerprint density at radius 3 is 3.14 bits per heavy atom. The van der Waals surface area contributed by atoms with E-state index in [9.17, 15) is 4.79 Å². The average Bonchev–Trinajstić information content (AvgIpc) is 3.01. The van der Waals surface area contributed by atoms with Gasteiger partial charge in [-0.25, -0.2) is 9.97 Å². The lowest BCUT2D eigenvalue weighted by Crippen LogP contribution is -2.39. The summed E-state index contributed by atoms with van der Waals surface area (Å²) in [5, 5.41) is 3.13. The highest BCUT2D eigenvalue weighted by Gasteiger charge is 2.28. The van der Waals surface area contributed by atoms with Crippen LogP contribution in [0.3, 0.4) is 0 Å². The fraction of sp³-hybridized carbons (Fsp3) is 0.533. The molecule has 2 aromatic heterocycles. The molecule has 1 saturated heterocycles. The van der Waals surface area contributed by atoms with Gasteiger partial charge >= 0.3 is 5.97 Å². The van der Waals surface area contributed by atoms with Crippen molar-refractivity contribution in [3.63, 3.8) is 0 Å². The third kappa shape index (κ3) is 2.72. The van der Waals surface area contributed by atoms with Crippen molar-refractivity contribution < 1.29 is 9.53 Å². The summed E-state index contributed by atoms with van der Waals surface area (Å²) in [6.45, 7) is 3.67. The number of carbonyl (C=O) groups excluding carboxylic acids is 1. The van der Waals surface area contributed by atoms with Gasteiger partial charge in [0.25, 0.3) is 0 Å². The molecule has 5 nitrogen and oxygen atoms in total. The van der Waals surface area contributed by atoms with Gasteiger partial charge in [0.2, 0.25) is 0 Å². The number of nitrogens with zero attached hydrogens (tertiary/aromatic N) is 3. The van der Waals surface area contributed by atoms with E-state index in [1.165, 1.54) is 7.11 Å². The van der Waals surface area contributed by atoms with E-state index in [0.29, 0.717) is 6.54 Å². The quantitative estimate of drug-likeness (QED) is 0.816. The van der Waals surface area contributed by atoms with Crippen molar-refractivity contribution in [3.05, 3.63) is 17.3 Å². The van der Waals surface area contributed by atoms with Gasteiger partial charge in [-0.15, -0.1) is 11.3 Å². The Kier molecular flexibility index (Phi) is 4.05. The number of carbonyl (C=O) groups is 1. The summed E-state index contributed by atoms with van der Waals surface area (Å²) >= 11 is 1.64. The molecule has 0 radical (unpaired) electrons. The molecule has 1 fully saturated rings. The van der Waals surface area contributed by atoms with Crippen molar-refractivity contribution in [2.24, 2.45) is 5.92 Å². The smallest absolute Gasteiger partial charge is 0.310 e. The number of thiophene rings is 1. The second-order valence-corrected chi connectivity index (χ2v) is 6.16. The molecule has 0 unspecified atom stereocenters. The van der Waals surface area contributed by atoms with E-state index in [1.807, 2.05) is 5.38 Å². The van der Waals surface area contributed by atoms with Gasteiger partial charge in [-0.05, 0) is 24.3 Å². The monoisotopic (exact) mass is 305 g/mol. The summed E-state index contributed by atoms with van der Waals surface area (Å²) in [5.74, 6) is 1.65. The van der Waals surface area contributed by atoms with Gasteiger partial charge < -0.3 is 9.64 Å². The SMILES string of the molecule is CCc1nc(N2CCC[C@@H](C(=O)OC)C2)c2ccsc2n1. The molecule has 0 saturated carbocycles. The lowest BCUT2D eigenvalue weighted by molar-refractivity contribution is -0.145. The number of piperidine rings is 1. The van der Waals surface area contributed by atoms with Gasteiger partial charge in [-0.1, -0.05) is 6.92 Å². The third-order valence-corrected chi connectivity index (χ3v) is 4.73. The highest BCUT2D eigenvalue weighted by Crippen LogP contribution is 2.31. The number of methoxy groups -OCH3 is 1. The first-order valence-corrected chi connectivity index (χ1v) is 8.17. The van der Waals surface area contributed by atoms with E-state index in [0.717, 1.165) is 47.7 Å². The lowest BCUT2D eigenvalue weighted by Gasteiger charge is -2.32. The van der Waals surface area contributed by atoms with Gasteiger partial charge in [0.1, 0.15) is 16.5 Å². The Morgan fingerprint density at radius 1 is 1.52 bits per heavy atom. The zero-order valence-corrected chi connectivity index (χ0v) is 13.2. The van der Waals surface area contributed by atoms with Crippen molar-refractivity contribution >= 4 is 33.3 Å². The van der Waals surface area contributed by atoms with Crippen LogP contribution in [0.4, 0.5) is 5.82 Å². The Balaban J connectivity index is 1.95. The van der Waals surface area contributed by atoms with Crippen LogP contribution in [-0.4, -0.2) is 36.1 Å². The molecule has 0 aromatic carbocycles. The summed E-state index contributed by atoms with van der Waals surface area (Å²) in [5.41, 5.74) is 0. The van der Waals surface area contributed by atoms with E-state index in [4.69, 9.17) is 9.72 Å². The number of esters is 1. The summed E-state index contributed by atoms with van der Waals surface area (Å²) in [6.07, 6.45) is 2.69. The predicted octanol–water partition coefficient (Wildman–Crippen LogP) is 2.64. The first kappa shape index (κ1) is 14.3.